The van der Waals surface area contributed by atoms with Crippen LogP contribution in [0, 0.1) is 0 Å². The van der Waals surface area contributed by atoms with Crippen molar-refractivity contribution in [3.8, 4) is 0 Å². The number of carbonyl (C=O) groups is 2. The average Bonchev–Trinajstić information content (AvgIpc) is 1.99. The van der Waals surface area contributed by atoms with Gasteiger partial charge in [0, 0.05) is 13.8 Å². The van der Waals surface area contributed by atoms with E-state index in [-0.39, 0.29) is 4.47 Å². The topological polar surface area (TPSA) is 80.8 Å². The average molecular weight is 230 g/mol. The monoisotopic (exact) mass is 229 g/mol. The number of halogens is 1. The van der Waals surface area contributed by atoms with E-state index in [1.165, 1.54) is 0 Å². The molecule has 0 aromatic carbocycles. The van der Waals surface area contributed by atoms with Gasteiger partial charge in [-0.15, -0.1) is 11.6 Å². The van der Waals surface area contributed by atoms with E-state index in [4.69, 9.17) is 11.6 Å². The Bertz CT molecular complexity index is 311. The Hall–Kier alpha value is -0.820. The molecule has 0 radical (unpaired) electrons. The van der Waals surface area contributed by atoms with E-state index in [0.29, 0.717) is 0 Å². The Morgan fingerprint density at radius 1 is 1.38 bits per heavy atom. The maximum absolute atomic E-state index is 11.0. The summed E-state index contributed by atoms with van der Waals surface area (Å²) in [6.07, 6.45) is 0. The smallest absolute Gasteiger partial charge is 0.323 e. The molecule has 0 unspecified atom stereocenters. The molecule has 0 heterocycles. The first-order valence-electron chi connectivity index (χ1n) is 3.09. The minimum absolute atomic E-state index is 0.0394. The van der Waals surface area contributed by atoms with Crippen LogP contribution in [0.4, 0.5) is 0 Å². The lowest BCUT2D eigenvalue weighted by Crippen LogP contribution is -2.37. The van der Waals surface area contributed by atoms with Gasteiger partial charge in [0.2, 0.25) is 0 Å². The second kappa shape index (κ2) is 4.43. The summed E-state index contributed by atoms with van der Waals surface area (Å²) in [5, 5.41) is -0.833. The van der Waals surface area contributed by atoms with Crippen molar-refractivity contribution >= 4 is 33.5 Å². The summed E-state index contributed by atoms with van der Waals surface area (Å²) in [7, 11) is -4.05. The number of hydrogen-bond donors (Lipinski definition) is 0. The number of amides is 1. The van der Waals surface area contributed by atoms with Crippen LogP contribution in [0.1, 0.15) is 13.8 Å². The molecule has 0 atom stereocenters. The van der Waals surface area contributed by atoms with Crippen molar-refractivity contribution < 1.29 is 22.8 Å². The highest BCUT2D eigenvalue weighted by Crippen LogP contribution is 2.05. The maximum Gasteiger partial charge on any atom is 0.330 e. The van der Waals surface area contributed by atoms with Crippen molar-refractivity contribution in [2.75, 3.05) is 5.21 Å². The summed E-state index contributed by atoms with van der Waals surface area (Å²) in [6, 6.07) is 0. The first-order valence-corrected chi connectivity index (χ1v) is 5.23. The maximum atomic E-state index is 11.0. The molecule has 0 aromatic heterocycles. The summed E-state index contributed by atoms with van der Waals surface area (Å²) < 4.78 is 21.9. The van der Waals surface area contributed by atoms with Crippen LogP contribution in [-0.4, -0.2) is 30.0 Å². The fourth-order valence-electron chi connectivity index (χ4n) is 0.478. The highest BCUT2D eigenvalue weighted by molar-refractivity contribution is 7.90. The predicted octanol–water partition coefficient (Wildman–Crippen LogP) is -0.161. The first kappa shape index (κ1) is 12.2. The second-order valence-electron chi connectivity index (χ2n) is 2.05. The van der Waals surface area contributed by atoms with Crippen molar-refractivity contribution in [2.24, 2.45) is 0 Å². The Balaban J connectivity index is 4.83. The van der Waals surface area contributed by atoms with Crippen molar-refractivity contribution in [1.82, 2.24) is 4.47 Å². The van der Waals surface area contributed by atoms with E-state index in [1.54, 1.807) is 0 Å². The van der Waals surface area contributed by atoms with Crippen LogP contribution in [-0.2, 0) is 24.4 Å². The summed E-state index contributed by atoms with van der Waals surface area (Å²) >= 11 is 5.04. The molecule has 1 amide bonds. The largest absolute Gasteiger partial charge is 0.330 e. The van der Waals surface area contributed by atoms with Gasteiger partial charge in [-0.25, -0.2) is 13.2 Å². The molecule has 0 saturated heterocycles. The Kier molecular flexibility index (Phi) is 4.15. The van der Waals surface area contributed by atoms with Crippen molar-refractivity contribution in [2.45, 2.75) is 13.8 Å². The standard InChI is InChI=1S/C5H8ClNO5S/c1-4(8)7(12-5(2)9)13(10,11)3-6/h3H2,1-2H3. The first-order chi connectivity index (χ1) is 5.81. The molecule has 6 nitrogen and oxygen atoms in total. The summed E-state index contributed by atoms with van der Waals surface area (Å²) in [5.41, 5.74) is 0. The number of sulfonamides is 1. The van der Waals surface area contributed by atoms with E-state index in [9.17, 15) is 18.0 Å². The molecule has 0 aromatic rings. The molecule has 76 valence electrons. The molecular formula is C5H8ClNO5S. The summed E-state index contributed by atoms with van der Waals surface area (Å²) in [6.45, 7) is 1.91. The van der Waals surface area contributed by atoms with Crippen LogP contribution >= 0.6 is 11.6 Å². The second-order valence-corrected chi connectivity index (χ2v) is 4.42. The van der Waals surface area contributed by atoms with Crippen molar-refractivity contribution in [3.63, 3.8) is 0 Å². The van der Waals surface area contributed by atoms with Crippen molar-refractivity contribution in [1.29, 1.82) is 0 Å². The van der Waals surface area contributed by atoms with Gasteiger partial charge in [-0.2, -0.15) is 0 Å². The van der Waals surface area contributed by atoms with E-state index in [2.05, 4.69) is 4.84 Å². The third-order valence-corrected chi connectivity index (χ3v) is 2.80. The van der Waals surface area contributed by atoms with Crippen LogP contribution in [0.3, 0.4) is 0 Å². The van der Waals surface area contributed by atoms with Gasteiger partial charge in [0.15, 0.2) is 0 Å². The Morgan fingerprint density at radius 3 is 2.08 bits per heavy atom. The van der Waals surface area contributed by atoms with Gasteiger partial charge in [0.05, 0.1) is 0 Å². The molecule has 0 rings (SSSR count). The number of hydroxylamine groups is 1. The predicted molar refractivity (Wildman–Crippen MR) is 43.9 cm³/mol. The molecular weight excluding hydrogens is 222 g/mol. The van der Waals surface area contributed by atoms with Crippen LogP contribution in [0.5, 0.6) is 0 Å². The fourth-order valence-corrected chi connectivity index (χ4v) is 1.44. The minimum Gasteiger partial charge on any atom is -0.323 e. The molecule has 0 aliphatic heterocycles. The van der Waals surface area contributed by atoms with Crippen LogP contribution in [0.15, 0.2) is 0 Å². The van der Waals surface area contributed by atoms with Gasteiger partial charge < -0.3 is 4.84 Å². The lowest BCUT2D eigenvalue weighted by atomic mass is 10.8. The lowest BCUT2D eigenvalue weighted by Gasteiger charge is -2.16. The fraction of sp³-hybridized carbons (Fsp3) is 0.600. The number of hydrogen-bond acceptors (Lipinski definition) is 5. The molecule has 0 bridgehead atoms. The quantitative estimate of drug-likeness (QED) is 0.486. The highest BCUT2D eigenvalue weighted by atomic mass is 35.5. The van der Waals surface area contributed by atoms with E-state index < -0.39 is 27.1 Å². The van der Waals surface area contributed by atoms with Gasteiger partial charge in [0.1, 0.15) is 5.21 Å². The van der Waals surface area contributed by atoms with Gasteiger partial charge in [0.25, 0.3) is 15.9 Å². The van der Waals surface area contributed by atoms with Crippen LogP contribution < -0.4 is 0 Å². The highest BCUT2D eigenvalue weighted by Gasteiger charge is 2.27. The van der Waals surface area contributed by atoms with E-state index in [0.717, 1.165) is 13.8 Å². The molecule has 0 aliphatic carbocycles. The number of nitrogens with zero attached hydrogens (tertiary/aromatic N) is 1. The third-order valence-electron chi connectivity index (χ3n) is 0.859. The summed E-state index contributed by atoms with van der Waals surface area (Å²) in [5.74, 6) is -1.85. The third kappa shape index (κ3) is 3.60. The van der Waals surface area contributed by atoms with Gasteiger partial charge in [-0.3, -0.25) is 4.79 Å². The SMILES string of the molecule is CC(=O)ON(C(C)=O)S(=O)(=O)CCl. The Labute approximate surface area is 80.4 Å². The number of carbonyl (C=O) groups excluding carboxylic acids is 2. The molecule has 0 aliphatic rings. The molecule has 0 saturated carbocycles. The molecule has 0 fully saturated rings. The number of alkyl halides is 1. The molecule has 0 spiro atoms. The molecule has 0 N–H and O–H groups in total. The van der Waals surface area contributed by atoms with Gasteiger partial charge in [-0.05, 0) is 0 Å². The van der Waals surface area contributed by atoms with Crippen LogP contribution in [0.2, 0.25) is 0 Å². The normalized spacial score (nSPS) is 10.7. The zero-order valence-corrected chi connectivity index (χ0v) is 8.55. The molecule has 13 heavy (non-hydrogen) atoms. The lowest BCUT2D eigenvalue weighted by molar-refractivity contribution is -0.175. The zero-order chi connectivity index (χ0) is 10.6. The Morgan fingerprint density at radius 2 is 1.85 bits per heavy atom. The van der Waals surface area contributed by atoms with Gasteiger partial charge in [-0.1, -0.05) is 4.47 Å². The van der Waals surface area contributed by atoms with Gasteiger partial charge >= 0.3 is 5.97 Å². The summed E-state index contributed by atoms with van der Waals surface area (Å²) in [4.78, 5) is 25.2. The van der Waals surface area contributed by atoms with Crippen LogP contribution in [0.25, 0.3) is 0 Å². The molecule has 8 heteroatoms. The zero-order valence-electron chi connectivity index (χ0n) is 6.98. The minimum atomic E-state index is -4.05. The van der Waals surface area contributed by atoms with E-state index >= 15 is 0 Å². The number of rotatable bonds is 2. The van der Waals surface area contributed by atoms with Crippen molar-refractivity contribution in [3.05, 3.63) is 0 Å². The van der Waals surface area contributed by atoms with E-state index in [1.807, 2.05) is 0 Å².